The summed E-state index contributed by atoms with van der Waals surface area (Å²) < 4.78 is 15.4. The molecule has 150 valence electrons. The number of rotatable bonds is 6. The smallest absolute Gasteiger partial charge is 0.232 e. The van der Waals surface area contributed by atoms with Crippen molar-refractivity contribution in [2.75, 3.05) is 13.2 Å². The van der Waals surface area contributed by atoms with Gasteiger partial charge in [-0.3, -0.25) is 4.79 Å². The number of aliphatic hydroxyl groups excluding tert-OH is 1. The number of benzene rings is 2. The summed E-state index contributed by atoms with van der Waals surface area (Å²) in [5.41, 5.74) is 3.99. The fourth-order valence-corrected chi connectivity index (χ4v) is 3.89. The molecule has 0 saturated carbocycles. The molecule has 0 bridgehead atoms. The first-order valence-electron chi connectivity index (χ1n) is 9.87. The number of carbonyl (C=O) groups excluding carboxylic acids is 1. The van der Waals surface area contributed by atoms with Crippen LogP contribution in [0.3, 0.4) is 0 Å². The van der Waals surface area contributed by atoms with Crippen LogP contribution in [-0.4, -0.2) is 38.6 Å². The number of carbonyl (C=O) groups is 1. The van der Waals surface area contributed by atoms with E-state index in [2.05, 4.69) is 21.7 Å². The molecule has 0 fully saturated rings. The van der Waals surface area contributed by atoms with Crippen LogP contribution in [0.1, 0.15) is 28.4 Å². The van der Waals surface area contributed by atoms with Crippen LogP contribution in [0.4, 0.5) is 4.39 Å². The number of halogens is 1. The van der Waals surface area contributed by atoms with Crippen LogP contribution in [-0.2, 0) is 30.7 Å². The molecular weight excluding hydrogens is 369 g/mol. The molecule has 0 saturated heterocycles. The summed E-state index contributed by atoms with van der Waals surface area (Å²) in [7, 11) is 0. The molecule has 1 aromatic heterocycles. The summed E-state index contributed by atoms with van der Waals surface area (Å²) in [5, 5.41) is 9.77. The third-order valence-corrected chi connectivity index (χ3v) is 5.54. The van der Waals surface area contributed by atoms with Crippen LogP contribution in [0.2, 0.25) is 0 Å². The van der Waals surface area contributed by atoms with E-state index in [4.69, 9.17) is 0 Å². The Hall–Kier alpha value is -2.99. The van der Waals surface area contributed by atoms with Gasteiger partial charge in [0.2, 0.25) is 5.91 Å². The summed E-state index contributed by atoms with van der Waals surface area (Å²) in [4.78, 5) is 19.2. The number of hydrogen-bond donors (Lipinski definition) is 1. The van der Waals surface area contributed by atoms with E-state index >= 15 is 0 Å². The van der Waals surface area contributed by atoms with Crippen molar-refractivity contribution in [1.29, 1.82) is 0 Å². The van der Waals surface area contributed by atoms with E-state index < -0.39 is 5.92 Å². The summed E-state index contributed by atoms with van der Waals surface area (Å²) in [6.45, 7) is 1.57. The van der Waals surface area contributed by atoms with E-state index in [-0.39, 0.29) is 18.3 Å². The van der Waals surface area contributed by atoms with Crippen LogP contribution < -0.4 is 0 Å². The van der Waals surface area contributed by atoms with E-state index in [1.54, 1.807) is 17.0 Å². The molecule has 0 radical (unpaired) electrons. The van der Waals surface area contributed by atoms with Gasteiger partial charge in [0.15, 0.2) is 0 Å². The lowest BCUT2D eigenvalue weighted by Gasteiger charge is -2.30. The van der Waals surface area contributed by atoms with Gasteiger partial charge >= 0.3 is 0 Å². The number of imidazole rings is 1. The molecule has 1 atom stereocenters. The number of hydrogen-bond acceptors (Lipinski definition) is 3. The van der Waals surface area contributed by atoms with Gasteiger partial charge in [0.05, 0.1) is 31.1 Å². The highest BCUT2D eigenvalue weighted by atomic mass is 19.1. The fourth-order valence-electron chi connectivity index (χ4n) is 3.89. The molecule has 0 aliphatic carbocycles. The van der Waals surface area contributed by atoms with Gasteiger partial charge in [0.25, 0.3) is 0 Å². The molecule has 0 spiro atoms. The average Bonchev–Trinajstić information content (AvgIpc) is 3.17. The molecule has 1 N–H and O–H groups in total. The number of aliphatic hydroxyl groups is 1. The van der Waals surface area contributed by atoms with Crippen LogP contribution in [0.15, 0.2) is 60.9 Å². The van der Waals surface area contributed by atoms with E-state index in [0.29, 0.717) is 18.7 Å². The number of amides is 1. The van der Waals surface area contributed by atoms with Crippen molar-refractivity contribution >= 4 is 5.91 Å². The number of aryl methyl sites for hydroxylation is 2. The highest BCUT2D eigenvalue weighted by Gasteiger charge is 2.29. The van der Waals surface area contributed by atoms with Gasteiger partial charge in [0, 0.05) is 25.2 Å². The maximum Gasteiger partial charge on any atom is 0.232 e. The Labute approximate surface area is 169 Å². The number of fused-ring (bicyclic) bond motifs is 1. The van der Waals surface area contributed by atoms with E-state index in [9.17, 15) is 14.3 Å². The van der Waals surface area contributed by atoms with Gasteiger partial charge in [-0.15, -0.1) is 0 Å². The lowest BCUT2D eigenvalue weighted by molar-refractivity contribution is -0.134. The Morgan fingerprint density at radius 3 is 2.62 bits per heavy atom. The van der Waals surface area contributed by atoms with Crippen LogP contribution >= 0.6 is 0 Å². The summed E-state index contributed by atoms with van der Waals surface area (Å²) in [5.74, 6) is -1.19. The third-order valence-electron chi connectivity index (χ3n) is 5.54. The largest absolute Gasteiger partial charge is 0.395 e. The maximum absolute atomic E-state index is 13.2. The molecule has 5 nitrogen and oxygen atoms in total. The molecule has 1 aliphatic rings. The molecule has 1 amide bonds. The lowest BCUT2D eigenvalue weighted by Crippen LogP contribution is -2.40. The molecule has 4 rings (SSSR count). The van der Waals surface area contributed by atoms with Gasteiger partial charge in [-0.05, 0) is 29.7 Å². The van der Waals surface area contributed by atoms with E-state index in [1.807, 2.05) is 24.5 Å². The minimum absolute atomic E-state index is 0.149. The molecule has 6 heteroatoms. The molecule has 29 heavy (non-hydrogen) atoms. The minimum atomic E-state index is -0.683. The topological polar surface area (TPSA) is 58.4 Å². The van der Waals surface area contributed by atoms with Crippen molar-refractivity contribution in [2.45, 2.75) is 31.8 Å². The first-order chi connectivity index (χ1) is 14.2. The normalized spacial score (nSPS) is 14.5. The van der Waals surface area contributed by atoms with Gasteiger partial charge in [0.1, 0.15) is 5.82 Å². The Bertz CT molecular complexity index is 970. The zero-order chi connectivity index (χ0) is 20.2. The van der Waals surface area contributed by atoms with Crippen LogP contribution in [0.5, 0.6) is 0 Å². The van der Waals surface area contributed by atoms with Crippen molar-refractivity contribution in [3.05, 3.63) is 89.3 Å². The highest BCUT2D eigenvalue weighted by Crippen LogP contribution is 2.24. The third kappa shape index (κ3) is 4.22. The van der Waals surface area contributed by atoms with Crippen LogP contribution in [0.25, 0.3) is 0 Å². The van der Waals surface area contributed by atoms with Crippen molar-refractivity contribution in [3.8, 4) is 0 Å². The maximum atomic E-state index is 13.2. The molecule has 2 heterocycles. The van der Waals surface area contributed by atoms with Gasteiger partial charge in [-0.2, -0.15) is 0 Å². The molecular formula is C23H24FN3O2. The van der Waals surface area contributed by atoms with Gasteiger partial charge < -0.3 is 14.6 Å². The minimum Gasteiger partial charge on any atom is -0.395 e. The monoisotopic (exact) mass is 393 g/mol. The Kier molecular flexibility index (Phi) is 5.71. The van der Waals surface area contributed by atoms with Gasteiger partial charge in [-0.1, -0.05) is 42.5 Å². The number of nitrogens with zero attached hydrogens (tertiary/aromatic N) is 3. The average molecular weight is 393 g/mol. The van der Waals surface area contributed by atoms with Crippen molar-refractivity contribution in [2.24, 2.45) is 0 Å². The van der Waals surface area contributed by atoms with Crippen molar-refractivity contribution in [1.82, 2.24) is 14.5 Å². The fraction of sp³-hybridized carbons (Fsp3) is 0.304. The Morgan fingerprint density at radius 2 is 1.90 bits per heavy atom. The highest BCUT2D eigenvalue weighted by molar-refractivity contribution is 5.84. The van der Waals surface area contributed by atoms with Crippen molar-refractivity contribution < 1.29 is 14.3 Å². The zero-order valence-corrected chi connectivity index (χ0v) is 16.2. The zero-order valence-electron chi connectivity index (χ0n) is 16.2. The standard InChI is InChI=1S/C23H24FN3O2/c24-19-8-6-18(7-9-19)20(15-28)23(29)26-13-11-22-21(14-26)25-16-27(22)12-10-17-4-2-1-3-5-17/h1-9,16,20,28H,10-15H2. The summed E-state index contributed by atoms with van der Waals surface area (Å²) in [6, 6.07) is 16.1. The molecule has 1 unspecified atom stereocenters. The van der Waals surface area contributed by atoms with E-state index in [0.717, 1.165) is 25.1 Å². The van der Waals surface area contributed by atoms with Crippen LogP contribution in [0, 0.1) is 5.82 Å². The first kappa shape index (κ1) is 19.3. The summed E-state index contributed by atoms with van der Waals surface area (Å²) in [6.07, 6.45) is 3.52. The van der Waals surface area contributed by atoms with Gasteiger partial charge in [-0.25, -0.2) is 9.37 Å². The lowest BCUT2D eigenvalue weighted by atomic mass is 9.97. The predicted octanol–water partition coefficient (Wildman–Crippen LogP) is 2.93. The second kappa shape index (κ2) is 8.57. The quantitative estimate of drug-likeness (QED) is 0.701. The second-order valence-corrected chi connectivity index (χ2v) is 7.36. The Balaban J connectivity index is 1.44. The Morgan fingerprint density at radius 1 is 1.14 bits per heavy atom. The molecule has 2 aromatic carbocycles. The SMILES string of the molecule is O=C(C(CO)c1ccc(F)cc1)N1CCc2c(ncn2CCc2ccccc2)C1. The number of aromatic nitrogens is 2. The summed E-state index contributed by atoms with van der Waals surface area (Å²) >= 11 is 0. The van der Waals surface area contributed by atoms with E-state index in [1.165, 1.54) is 23.4 Å². The molecule has 1 aliphatic heterocycles. The van der Waals surface area contributed by atoms with Crippen molar-refractivity contribution in [3.63, 3.8) is 0 Å². The molecule has 3 aromatic rings. The second-order valence-electron chi connectivity index (χ2n) is 7.36. The first-order valence-corrected chi connectivity index (χ1v) is 9.87. The predicted molar refractivity (Wildman–Crippen MR) is 108 cm³/mol.